The quantitative estimate of drug-likeness (QED) is 0.781. The molecule has 0 bridgehead atoms. The molecule has 3 rings (SSSR count). The highest BCUT2D eigenvalue weighted by Gasteiger charge is 2.29. The van der Waals surface area contributed by atoms with Crippen LogP contribution in [0, 0.1) is 6.92 Å². The van der Waals surface area contributed by atoms with Gasteiger partial charge in [0.05, 0.1) is 4.90 Å². The van der Waals surface area contributed by atoms with E-state index in [2.05, 4.69) is 25.1 Å². The van der Waals surface area contributed by atoms with Crippen molar-refractivity contribution in [2.24, 2.45) is 0 Å². The predicted octanol–water partition coefficient (Wildman–Crippen LogP) is 3.54. The average molecular weight is 275 g/mol. The van der Waals surface area contributed by atoms with Gasteiger partial charge in [-0.15, -0.1) is 0 Å². The summed E-state index contributed by atoms with van der Waals surface area (Å²) in [6.45, 7) is 2.77. The number of rotatable bonds is 2. The van der Waals surface area contributed by atoms with E-state index in [1.807, 2.05) is 34.0 Å². The van der Waals surface area contributed by atoms with Gasteiger partial charge in [0.15, 0.2) is 0 Å². The lowest BCUT2D eigenvalue weighted by molar-refractivity contribution is 0.632. The largest absolute Gasteiger partial charge is 0.236 e. The molecule has 0 spiro atoms. The molecule has 1 aliphatic rings. The highest BCUT2D eigenvalue weighted by Crippen LogP contribution is 2.41. The fraction of sp³-hybridized carbons (Fsp3) is 0.143. The second-order valence-electron chi connectivity index (χ2n) is 4.22. The summed E-state index contributed by atoms with van der Waals surface area (Å²) >= 11 is 1.60. The molecule has 0 radical (unpaired) electrons. The molecule has 1 atom stereocenters. The van der Waals surface area contributed by atoms with Crippen molar-refractivity contribution in [1.29, 1.82) is 0 Å². The monoisotopic (exact) mass is 275 g/mol. The topological polar surface area (TPSA) is 20.3 Å². The zero-order valence-corrected chi connectivity index (χ0v) is 11.6. The summed E-state index contributed by atoms with van der Waals surface area (Å²) in [7, 11) is -1.05. The maximum Gasteiger partial charge on any atom is 0.139 e. The minimum absolute atomic E-state index is 0.701. The van der Waals surface area contributed by atoms with Crippen LogP contribution in [-0.4, -0.2) is 7.92 Å². The van der Waals surface area contributed by atoms with Gasteiger partial charge in [-0.3, -0.25) is 0 Å². The first-order chi connectivity index (χ1) is 8.75. The van der Waals surface area contributed by atoms with Gasteiger partial charge in [-0.05, 0) is 36.1 Å². The zero-order valence-electron chi connectivity index (χ0n) is 10.00. The molecule has 0 aromatic heterocycles. The van der Waals surface area contributed by atoms with E-state index in [1.165, 1.54) is 11.1 Å². The minimum atomic E-state index is -1.05. The lowest BCUT2D eigenvalue weighted by Gasteiger charge is -2.11. The van der Waals surface area contributed by atoms with Crippen molar-refractivity contribution in [3.05, 3.63) is 59.7 Å². The highest BCUT2D eigenvalue weighted by atomic mass is 32.2. The van der Waals surface area contributed by atoms with Gasteiger partial charge in [0.25, 0.3) is 0 Å². The van der Waals surface area contributed by atoms with E-state index in [9.17, 15) is 4.21 Å². The Morgan fingerprint density at radius 1 is 1.11 bits per heavy atom. The van der Waals surface area contributed by atoms with Crippen LogP contribution in [0.4, 0.5) is 0 Å². The summed E-state index contributed by atoms with van der Waals surface area (Å²) in [6, 6.07) is 16.1. The molecule has 4 heteroatoms. The molecule has 2 aromatic rings. The van der Waals surface area contributed by atoms with Gasteiger partial charge in [0.1, 0.15) is 11.0 Å². The fourth-order valence-electron chi connectivity index (χ4n) is 1.95. The Hall–Kier alpha value is -1.10. The van der Waals surface area contributed by atoms with Gasteiger partial charge >= 0.3 is 0 Å². The smallest absolute Gasteiger partial charge is 0.139 e. The van der Waals surface area contributed by atoms with Crippen molar-refractivity contribution in [3.63, 3.8) is 0 Å². The van der Waals surface area contributed by atoms with E-state index < -0.39 is 11.0 Å². The number of aryl methyl sites for hydroxylation is 1. The van der Waals surface area contributed by atoms with Crippen molar-refractivity contribution < 1.29 is 4.21 Å². The fourth-order valence-corrected chi connectivity index (χ4v) is 4.80. The first-order valence-electron chi connectivity index (χ1n) is 5.76. The summed E-state index contributed by atoms with van der Waals surface area (Å²) in [5.74, 6) is 0. The van der Waals surface area contributed by atoms with Gasteiger partial charge in [0, 0.05) is 11.4 Å². The average Bonchev–Trinajstić information content (AvgIpc) is 2.70. The molecule has 0 aliphatic carbocycles. The summed E-state index contributed by atoms with van der Waals surface area (Å²) < 4.78 is 14.3. The molecule has 92 valence electrons. The third kappa shape index (κ3) is 2.11. The summed E-state index contributed by atoms with van der Waals surface area (Å²) in [5.41, 5.74) is 2.38. The van der Waals surface area contributed by atoms with Crippen molar-refractivity contribution in [3.8, 4) is 0 Å². The van der Waals surface area contributed by atoms with Crippen LogP contribution in [0.25, 0.3) is 0 Å². The molecule has 0 unspecified atom stereocenters. The molecule has 2 aromatic carbocycles. The Labute approximate surface area is 114 Å². The van der Waals surface area contributed by atoms with Crippen LogP contribution in [0.15, 0.2) is 58.3 Å². The van der Waals surface area contributed by atoms with Crippen molar-refractivity contribution in [1.82, 2.24) is 3.71 Å². The maximum atomic E-state index is 12.4. The SMILES string of the molecule is Cc1cccc2c1SN(Cc1ccccc1)[S@@]2=O. The number of hydrogen-bond acceptors (Lipinski definition) is 2. The molecular formula is C14H13NOS2. The van der Waals surface area contributed by atoms with Crippen LogP contribution in [0.2, 0.25) is 0 Å². The lowest BCUT2D eigenvalue weighted by atomic mass is 10.2. The second kappa shape index (κ2) is 4.88. The third-order valence-corrected chi connectivity index (χ3v) is 5.93. The van der Waals surface area contributed by atoms with E-state index >= 15 is 0 Å². The first-order valence-corrected chi connectivity index (χ1v) is 7.64. The molecular weight excluding hydrogens is 262 g/mol. The van der Waals surface area contributed by atoms with E-state index in [4.69, 9.17) is 0 Å². The Morgan fingerprint density at radius 2 is 1.89 bits per heavy atom. The van der Waals surface area contributed by atoms with Crippen LogP contribution in [0.5, 0.6) is 0 Å². The Bertz CT molecular complexity index is 598. The zero-order chi connectivity index (χ0) is 12.5. The Balaban J connectivity index is 1.87. The van der Waals surface area contributed by atoms with Gasteiger partial charge in [-0.2, -0.15) is 3.71 Å². The standard InChI is InChI=1S/C14H13NOS2/c1-11-6-5-9-13-14(11)17-15(18(13)16)10-12-7-3-2-4-8-12/h2-9H,10H2,1H3/t18-/m1/s1. The molecule has 0 amide bonds. The van der Waals surface area contributed by atoms with Crippen LogP contribution in [0.3, 0.4) is 0 Å². The van der Waals surface area contributed by atoms with E-state index in [0.29, 0.717) is 6.54 Å². The molecule has 2 nitrogen and oxygen atoms in total. The Kier molecular flexibility index (Phi) is 3.24. The molecule has 0 N–H and O–H groups in total. The maximum absolute atomic E-state index is 12.4. The minimum Gasteiger partial charge on any atom is -0.236 e. The number of nitrogens with zero attached hydrogens (tertiary/aromatic N) is 1. The lowest BCUT2D eigenvalue weighted by Crippen LogP contribution is -2.13. The van der Waals surface area contributed by atoms with Crippen LogP contribution in [-0.2, 0) is 17.5 Å². The first kappa shape index (κ1) is 12.0. The Morgan fingerprint density at radius 3 is 2.61 bits per heavy atom. The van der Waals surface area contributed by atoms with Gasteiger partial charge in [-0.25, -0.2) is 4.21 Å². The second-order valence-corrected chi connectivity index (χ2v) is 6.86. The van der Waals surface area contributed by atoms with Crippen molar-refractivity contribution >= 4 is 22.9 Å². The predicted molar refractivity (Wildman–Crippen MR) is 75.4 cm³/mol. The third-order valence-electron chi connectivity index (χ3n) is 2.90. The number of hydrogen-bond donors (Lipinski definition) is 0. The van der Waals surface area contributed by atoms with E-state index in [0.717, 1.165) is 9.79 Å². The van der Waals surface area contributed by atoms with Crippen molar-refractivity contribution in [2.45, 2.75) is 23.3 Å². The van der Waals surface area contributed by atoms with Gasteiger partial charge < -0.3 is 0 Å². The van der Waals surface area contributed by atoms with E-state index in [1.54, 1.807) is 11.9 Å². The van der Waals surface area contributed by atoms with E-state index in [-0.39, 0.29) is 0 Å². The molecule has 1 heterocycles. The molecule has 1 aliphatic heterocycles. The molecule has 0 saturated carbocycles. The van der Waals surface area contributed by atoms with Crippen LogP contribution in [0.1, 0.15) is 11.1 Å². The highest BCUT2D eigenvalue weighted by molar-refractivity contribution is 8.08. The molecule has 0 saturated heterocycles. The summed E-state index contributed by atoms with van der Waals surface area (Å²) in [6.07, 6.45) is 0. The van der Waals surface area contributed by atoms with Crippen LogP contribution < -0.4 is 0 Å². The van der Waals surface area contributed by atoms with Crippen LogP contribution >= 0.6 is 11.9 Å². The molecule has 18 heavy (non-hydrogen) atoms. The number of benzene rings is 2. The normalized spacial score (nSPS) is 18.8. The summed E-state index contributed by atoms with van der Waals surface area (Å²) in [4.78, 5) is 2.09. The van der Waals surface area contributed by atoms with Gasteiger partial charge in [0.2, 0.25) is 0 Å². The summed E-state index contributed by atoms with van der Waals surface area (Å²) in [5, 5.41) is 0. The molecule has 0 fully saturated rings. The van der Waals surface area contributed by atoms with Gasteiger partial charge in [-0.1, -0.05) is 42.5 Å². The number of fused-ring (bicyclic) bond motifs is 1. The van der Waals surface area contributed by atoms with Crippen molar-refractivity contribution in [2.75, 3.05) is 0 Å².